The third-order valence-electron chi connectivity index (χ3n) is 4.92. The van der Waals surface area contributed by atoms with Crippen LogP contribution in [0.3, 0.4) is 0 Å². The summed E-state index contributed by atoms with van der Waals surface area (Å²) in [5.74, 6) is -1.80. The molecule has 0 aliphatic heterocycles. The Morgan fingerprint density at radius 3 is 2.27 bits per heavy atom. The number of alkyl halides is 3. The average molecular weight is 469 g/mol. The first-order valence-electron chi connectivity index (χ1n) is 8.67. The van der Waals surface area contributed by atoms with Gasteiger partial charge in [-0.3, -0.25) is 4.79 Å². The van der Waals surface area contributed by atoms with Gasteiger partial charge >= 0.3 is 6.18 Å². The molecule has 1 heterocycles. The number of aromatic nitrogens is 1. The van der Waals surface area contributed by atoms with Gasteiger partial charge in [-0.2, -0.15) is 13.2 Å². The second-order valence-electron chi connectivity index (χ2n) is 7.69. The van der Waals surface area contributed by atoms with Crippen molar-refractivity contribution in [2.24, 2.45) is 0 Å². The Hall–Kier alpha value is -2.07. The average Bonchev–Trinajstić information content (AvgIpc) is 2.90. The first-order valence-corrected chi connectivity index (χ1v) is 10.9. The Morgan fingerprint density at radius 2 is 1.80 bits per heavy atom. The number of hydrogen-bond donors (Lipinski definition) is 1. The van der Waals surface area contributed by atoms with E-state index in [1.54, 1.807) is 0 Å². The summed E-state index contributed by atoms with van der Waals surface area (Å²) in [6.07, 6.45) is -3.81. The molecule has 0 fully saturated rings. The van der Waals surface area contributed by atoms with Crippen LogP contribution in [0.15, 0.2) is 18.2 Å². The predicted octanol–water partition coefficient (Wildman–Crippen LogP) is 4.70. The van der Waals surface area contributed by atoms with Gasteiger partial charge < -0.3 is 9.88 Å². The SMILES string of the molecule is Cc1c(C(F)(F)F)[nH]c(C(=O)N(C)CC(C)(C)S(C)(=O)=O)c1-c1ccc(Cl)cc1F. The molecule has 11 heteroatoms. The molecule has 1 N–H and O–H groups in total. The van der Waals surface area contributed by atoms with E-state index in [1.807, 2.05) is 0 Å². The summed E-state index contributed by atoms with van der Waals surface area (Å²) in [5.41, 5.74) is -2.53. The van der Waals surface area contributed by atoms with Gasteiger partial charge in [0.25, 0.3) is 5.91 Å². The van der Waals surface area contributed by atoms with Gasteiger partial charge in [-0.1, -0.05) is 11.6 Å². The Labute approximate surface area is 176 Å². The topological polar surface area (TPSA) is 70.2 Å². The zero-order valence-corrected chi connectivity index (χ0v) is 18.5. The molecule has 0 atom stereocenters. The molecule has 30 heavy (non-hydrogen) atoms. The van der Waals surface area contributed by atoms with Gasteiger partial charge in [0.2, 0.25) is 0 Å². The van der Waals surface area contributed by atoms with E-state index in [0.29, 0.717) is 0 Å². The molecule has 0 radical (unpaired) electrons. The molecular formula is C19H21ClF4N2O3S. The molecule has 0 bridgehead atoms. The van der Waals surface area contributed by atoms with Crippen LogP contribution in [0.1, 0.15) is 35.6 Å². The maximum Gasteiger partial charge on any atom is 0.431 e. The Balaban J connectivity index is 2.65. The van der Waals surface area contributed by atoms with Gasteiger partial charge in [-0.15, -0.1) is 0 Å². The van der Waals surface area contributed by atoms with E-state index in [0.717, 1.165) is 24.1 Å². The lowest BCUT2D eigenvalue weighted by molar-refractivity contribution is -0.141. The number of nitrogens with zero attached hydrogens (tertiary/aromatic N) is 1. The molecule has 2 rings (SSSR count). The molecule has 2 aromatic rings. The van der Waals surface area contributed by atoms with Crippen molar-refractivity contribution in [2.75, 3.05) is 19.8 Å². The van der Waals surface area contributed by atoms with Crippen LogP contribution in [0.2, 0.25) is 5.02 Å². The highest BCUT2D eigenvalue weighted by atomic mass is 35.5. The molecule has 0 aliphatic carbocycles. The number of amides is 1. The van der Waals surface area contributed by atoms with E-state index in [9.17, 15) is 30.8 Å². The molecule has 0 saturated carbocycles. The zero-order chi connectivity index (χ0) is 23.2. The van der Waals surface area contributed by atoms with Crippen LogP contribution >= 0.6 is 11.6 Å². The van der Waals surface area contributed by atoms with E-state index in [-0.39, 0.29) is 28.3 Å². The number of carbonyl (C=O) groups is 1. The fraction of sp³-hybridized carbons (Fsp3) is 0.421. The lowest BCUT2D eigenvalue weighted by Gasteiger charge is -2.28. The molecule has 0 spiro atoms. The van der Waals surface area contributed by atoms with E-state index in [2.05, 4.69) is 4.98 Å². The normalized spacial score (nSPS) is 12.9. The smallest absolute Gasteiger partial charge is 0.346 e. The van der Waals surface area contributed by atoms with E-state index in [4.69, 9.17) is 11.6 Å². The van der Waals surface area contributed by atoms with Crippen LogP contribution in [0.5, 0.6) is 0 Å². The van der Waals surface area contributed by atoms with E-state index >= 15 is 0 Å². The highest BCUT2D eigenvalue weighted by Gasteiger charge is 2.39. The third kappa shape index (κ3) is 4.64. The Bertz CT molecular complexity index is 1090. The van der Waals surface area contributed by atoms with Gasteiger partial charge in [-0.05, 0) is 44.5 Å². The largest absolute Gasteiger partial charge is 0.431 e. The van der Waals surface area contributed by atoms with E-state index in [1.165, 1.54) is 33.0 Å². The molecular weight excluding hydrogens is 448 g/mol. The summed E-state index contributed by atoms with van der Waals surface area (Å²) >= 11 is 5.73. The Morgan fingerprint density at radius 1 is 1.23 bits per heavy atom. The lowest BCUT2D eigenvalue weighted by Crippen LogP contribution is -2.44. The minimum absolute atomic E-state index is 0.0420. The van der Waals surface area contributed by atoms with Crippen molar-refractivity contribution in [3.8, 4) is 11.1 Å². The fourth-order valence-corrected chi connectivity index (χ4v) is 3.60. The number of nitrogens with one attached hydrogen (secondary N) is 1. The van der Waals surface area contributed by atoms with Crippen molar-refractivity contribution in [3.63, 3.8) is 0 Å². The number of halogens is 5. The molecule has 1 amide bonds. The number of carbonyl (C=O) groups excluding carboxylic acids is 1. The standard InChI is InChI=1S/C19H21ClF4N2O3S/c1-10-14(12-7-6-11(20)8-13(12)21)15(25-16(10)19(22,23)24)17(27)26(4)9-18(2,3)30(5,28)29/h6-8,25H,9H2,1-5H3. The van der Waals surface area contributed by atoms with Gasteiger partial charge in [0.15, 0.2) is 9.84 Å². The second-order valence-corrected chi connectivity index (χ2v) is 10.8. The van der Waals surface area contributed by atoms with Gasteiger partial charge in [0, 0.05) is 36.0 Å². The second kappa shape index (κ2) is 7.88. The predicted molar refractivity (Wildman–Crippen MR) is 107 cm³/mol. The minimum atomic E-state index is -4.81. The van der Waals surface area contributed by atoms with Crippen LogP contribution in [-0.2, 0) is 16.0 Å². The van der Waals surface area contributed by atoms with Gasteiger partial charge in [0.1, 0.15) is 17.2 Å². The maximum atomic E-state index is 14.5. The summed E-state index contributed by atoms with van der Waals surface area (Å²) < 4.78 is 77.4. The molecule has 166 valence electrons. The number of aromatic amines is 1. The van der Waals surface area contributed by atoms with Crippen molar-refractivity contribution in [1.82, 2.24) is 9.88 Å². The lowest BCUT2D eigenvalue weighted by atomic mass is 9.99. The Kier molecular flexibility index (Phi) is 6.36. The molecule has 0 unspecified atom stereocenters. The van der Waals surface area contributed by atoms with Gasteiger partial charge in [-0.25, -0.2) is 12.8 Å². The van der Waals surface area contributed by atoms with Crippen LogP contribution in [0, 0.1) is 12.7 Å². The van der Waals surface area contributed by atoms with Crippen molar-refractivity contribution in [1.29, 1.82) is 0 Å². The number of sulfone groups is 1. The molecule has 1 aromatic carbocycles. The third-order valence-corrected chi connectivity index (χ3v) is 7.29. The van der Waals surface area contributed by atoms with Crippen LogP contribution in [-0.4, -0.2) is 48.8 Å². The summed E-state index contributed by atoms with van der Waals surface area (Å²) in [6.45, 7) is 3.63. The first-order chi connectivity index (χ1) is 13.5. The van der Waals surface area contributed by atoms with Crippen molar-refractivity contribution in [2.45, 2.75) is 31.7 Å². The molecule has 0 aliphatic rings. The minimum Gasteiger partial charge on any atom is -0.346 e. The summed E-state index contributed by atoms with van der Waals surface area (Å²) in [4.78, 5) is 16.1. The summed E-state index contributed by atoms with van der Waals surface area (Å²) in [7, 11) is -2.31. The zero-order valence-electron chi connectivity index (χ0n) is 16.9. The van der Waals surface area contributed by atoms with Crippen LogP contribution < -0.4 is 0 Å². The summed E-state index contributed by atoms with van der Waals surface area (Å²) in [6, 6.07) is 3.41. The van der Waals surface area contributed by atoms with Crippen molar-refractivity contribution < 1.29 is 30.8 Å². The highest BCUT2D eigenvalue weighted by Crippen LogP contribution is 2.40. The molecule has 5 nitrogen and oxygen atoms in total. The number of rotatable bonds is 5. The molecule has 1 aromatic heterocycles. The maximum absolute atomic E-state index is 14.5. The fourth-order valence-electron chi connectivity index (χ4n) is 3.02. The quantitative estimate of drug-likeness (QED) is 0.647. The summed E-state index contributed by atoms with van der Waals surface area (Å²) in [5, 5.41) is 0.0420. The number of H-pyrrole nitrogens is 1. The first kappa shape index (κ1) is 24.2. The van der Waals surface area contributed by atoms with Crippen LogP contribution in [0.25, 0.3) is 11.1 Å². The monoisotopic (exact) mass is 468 g/mol. The highest BCUT2D eigenvalue weighted by molar-refractivity contribution is 7.92. The van der Waals surface area contributed by atoms with Crippen LogP contribution in [0.4, 0.5) is 17.6 Å². The van der Waals surface area contributed by atoms with Crippen molar-refractivity contribution >= 4 is 27.3 Å². The van der Waals surface area contributed by atoms with Gasteiger partial charge in [0.05, 0.1) is 4.75 Å². The van der Waals surface area contributed by atoms with Crippen molar-refractivity contribution in [3.05, 3.63) is 46.0 Å². The number of benzene rings is 1. The molecule has 0 saturated heterocycles. The number of hydrogen-bond acceptors (Lipinski definition) is 3. The van der Waals surface area contributed by atoms with E-state index < -0.39 is 43.9 Å².